The highest BCUT2D eigenvalue weighted by atomic mass is 19.1. The number of benzene rings is 1. The molecular formula is C16H20FN3O. The van der Waals surface area contributed by atoms with Crippen molar-refractivity contribution in [3.8, 4) is 0 Å². The third-order valence-corrected chi connectivity index (χ3v) is 4.25. The summed E-state index contributed by atoms with van der Waals surface area (Å²) in [4.78, 5) is 4.41. The van der Waals surface area contributed by atoms with Crippen LogP contribution in [0.4, 0.5) is 4.39 Å². The van der Waals surface area contributed by atoms with E-state index in [4.69, 9.17) is 10.3 Å². The van der Waals surface area contributed by atoms with Gasteiger partial charge in [-0.25, -0.2) is 4.39 Å². The summed E-state index contributed by atoms with van der Waals surface area (Å²) in [7, 11) is 0. The minimum atomic E-state index is -0.505. The van der Waals surface area contributed by atoms with E-state index in [2.05, 4.69) is 17.1 Å². The van der Waals surface area contributed by atoms with Gasteiger partial charge in [0.05, 0.1) is 12.0 Å². The Morgan fingerprint density at radius 2 is 2.24 bits per heavy atom. The van der Waals surface area contributed by atoms with Gasteiger partial charge < -0.3 is 10.3 Å². The average Bonchev–Trinajstić information content (AvgIpc) is 2.91. The van der Waals surface area contributed by atoms with Gasteiger partial charge in [-0.1, -0.05) is 43.1 Å². The van der Waals surface area contributed by atoms with Crippen LogP contribution in [0.5, 0.6) is 0 Å². The van der Waals surface area contributed by atoms with Crippen molar-refractivity contribution in [3.63, 3.8) is 0 Å². The van der Waals surface area contributed by atoms with E-state index in [1.807, 2.05) is 0 Å². The fourth-order valence-electron chi connectivity index (χ4n) is 3.13. The molecule has 5 heteroatoms. The molecule has 0 bridgehead atoms. The van der Waals surface area contributed by atoms with Crippen molar-refractivity contribution < 1.29 is 8.91 Å². The van der Waals surface area contributed by atoms with E-state index in [9.17, 15) is 4.39 Å². The van der Waals surface area contributed by atoms with Gasteiger partial charge in [-0.3, -0.25) is 0 Å². The Morgan fingerprint density at radius 3 is 3.00 bits per heavy atom. The van der Waals surface area contributed by atoms with Crippen LogP contribution in [-0.2, 0) is 12.0 Å². The molecule has 1 heterocycles. The smallest absolute Gasteiger partial charge is 0.231 e. The van der Waals surface area contributed by atoms with Gasteiger partial charge in [0.2, 0.25) is 5.89 Å². The summed E-state index contributed by atoms with van der Waals surface area (Å²) in [6.07, 6.45) is 4.31. The van der Waals surface area contributed by atoms with Crippen molar-refractivity contribution >= 4 is 0 Å². The summed E-state index contributed by atoms with van der Waals surface area (Å²) in [5.74, 6) is 1.28. The van der Waals surface area contributed by atoms with Crippen LogP contribution in [-0.4, -0.2) is 10.1 Å². The lowest BCUT2D eigenvalue weighted by Crippen LogP contribution is -2.42. The quantitative estimate of drug-likeness (QED) is 0.942. The predicted octanol–water partition coefficient (Wildman–Crippen LogP) is 3.16. The predicted molar refractivity (Wildman–Crippen MR) is 77.0 cm³/mol. The highest BCUT2D eigenvalue weighted by Crippen LogP contribution is 2.36. The molecule has 2 aromatic rings. The Labute approximate surface area is 123 Å². The fourth-order valence-corrected chi connectivity index (χ4v) is 3.13. The van der Waals surface area contributed by atoms with Gasteiger partial charge in [0.15, 0.2) is 5.82 Å². The number of halogens is 1. The van der Waals surface area contributed by atoms with Crippen LogP contribution in [0.15, 0.2) is 28.8 Å². The normalized spacial score (nSPS) is 26.0. The number of hydrogen-bond acceptors (Lipinski definition) is 4. The Balaban J connectivity index is 1.79. The Morgan fingerprint density at radius 1 is 1.43 bits per heavy atom. The lowest BCUT2D eigenvalue weighted by molar-refractivity contribution is 0.221. The fraction of sp³-hybridized carbons (Fsp3) is 0.500. The van der Waals surface area contributed by atoms with Crippen molar-refractivity contribution in [2.45, 2.75) is 44.6 Å². The van der Waals surface area contributed by atoms with Crippen LogP contribution in [0.2, 0.25) is 0 Å². The molecule has 3 rings (SSSR count). The first-order chi connectivity index (χ1) is 10.1. The van der Waals surface area contributed by atoms with Crippen molar-refractivity contribution in [1.82, 2.24) is 10.1 Å². The van der Waals surface area contributed by atoms with Crippen molar-refractivity contribution in [3.05, 3.63) is 47.4 Å². The molecule has 1 aliphatic carbocycles. The monoisotopic (exact) mass is 289 g/mol. The zero-order valence-corrected chi connectivity index (χ0v) is 12.2. The molecule has 1 aromatic carbocycles. The maximum Gasteiger partial charge on any atom is 0.231 e. The van der Waals surface area contributed by atoms with Gasteiger partial charge in [-0.05, 0) is 30.4 Å². The SMILES string of the molecule is CC1CCCC(N)(c2noc(Cc3ccccc3F)n2)C1. The van der Waals surface area contributed by atoms with E-state index in [0.717, 1.165) is 19.3 Å². The molecule has 1 saturated carbocycles. The molecule has 0 saturated heterocycles. The third kappa shape index (κ3) is 2.97. The average molecular weight is 289 g/mol. The molecule has 112 valence electrons. The number of nitrogens with zero attached hydrogens (tertiary/aromatic N) is 2. The Kier molecular flexibility index (Phi) is 3.76. The van der Waals surface area contributed by atoms with E-state index in [1.54, 1.807) is 18.2 Å². The molecule has 1 aliphatic rings. The molecule has 2 N–H and O–H groups in total. The molecule has 4 nitrogen and oxygen atoms in total. The number of rotatable bonds is 3. The lowest BCUT2D eigenvalue weighted by atomic mass is 9.76. The van der Waals surface area contributed by atoms with Crippen LogP contribution in [0.25, 0.3) is 0 Å². The van der Waals surface area contributed by atoms with Crippen LogP contribution in [0, 0.1) is 11.7 Å². The summed E-state index contributed by atoms with van der Waals surface area (Å²) >= 11 is 0. The number of aromatic nitrogens is 2. The molecule has 0 aliphatic heterocycles. The first-order valence-electron chi connectivity index (χ1n) is 7.42. The molecule has 1 aromatic heterocycles. The van der Waals surface area contributed by atoms with Gasteiger partial charge in [-0.15, -0.1) is 0 Å². The molecular weight excluding hydrogens is 269 g/mol. The highest BCUT2D eigenvalue weighted by molar-refractivity contribution is 5.20. The van der Waals surface area contributed by atoms with Gasteiger partial charge >= 0.3 is 0 Å². The summed E-state index contributed by atoms with van der Waals surface area (Å²) in [6.45, 7) is 2.20. The van der Waals surface area contributed by atoms with Crippen LogP contribution in [0.3, 0.4) is 0 Å². The molecule has 2 atom stereocenters. The standard InChI is InChI=1S/C16H20FN3O/c1-11-5-4-8-16(18,10-11)15-19-14(21-20-15)9-12-6-2-3-7-13(12)17/h2-3,6-7,11H,4-5,8-10,18H2,1H3. The summed E-state index contributed by atoms with van der Waals surface area (Å²) in [6, 6.07) is 6.61. The zero-order valence-electron chi connectivity index (χ0n) is 12.2. The summed E-state index contributed by atoms with van der Waals surface area (Å²) in [5.41, 5.74) is 6.49. The zero-order chi connectivity index (χ0) is 14.9. The summed E-state index contributed by atoms with van der Waals surface area (Å²) in [5, 5.41) is 4.04. The van der Waals surface area contributed by atoms with Gasteiger partial charge in [0.1, 0.15) is 5.82 Å². The van der Waals surface area contributed by atoms with Gasteiger partial charge in [0, 0.05) is 0 Å². The van der Waals surface area contributed by atoms with Gasteiger partial charge in [0.25, 0.3) is 0 Å². The summed E-state index contributed by atoms with van der Waals surface area (Å²) < 4.78 is 18.9. The minimum Gasteiger partial charge on any atom is -0.339 e. The van der Waals surface area contributed by atoms with Crippen LogP contribution >= 0.6 is 0 Å². The molecule has 21 heavy (non-hydrogen) atoms. The third-order valence-electron chi connectivity index (χ3n) is 4.25. The van der Waals surface area contributed by atoms with Gasteiger partial charge in [-0.2, -0.15) is 4.98 Å². The van der Waals surface area contributed by atoms with Crippen molar-refractivity contribution in [2.75, 3.05) is 0 Å². The Hall–Kier alpha value is -1.75. The molecule has 0 radical (unpaired) electrons. The van der Waals surface area contributed by atoms with Crippen molar-refractivity contribution in [1.29, 1.82) is 0 Å². The molecule has 1 fully saturated rings. The Bertz CT molecular complexity index is 627. The van der Waals surface area contributed by atoms with Crippen LogP contribution < -0.4 is 5.73 Å². The molecule has 2 unspecified atom stereocenters. The van der Waals surface area contributed by atoms with E-state index in [1.165, 1.54) is 12.5 Å². The molecule has 0 amide bonds. The highest BCUT2D eigenvalue weighted by Gasteiger charge is 2.36. The first-order valence-corrected chi connectivity index (χ1v) is 7.42. The minimum absolute atomic E-state index is 0.258. The second-order valence-electron chi connectivity index (χ2n) is 6.14. The maximum atomic E-state index is 13.6. The van der Waals surface area contributed by atoms with Crippen molar-refractivity contribution in [2.24, 2.45) is 11.7 Å². The van der Waals surface area contributed by atoms with E-state index < -0.39 is 5.54 Å². The largest absolute Gasteiger partial charge is 0.339 e. The van der Waals surface area contributed by atoms with E-state index in [0.29, 0.717) is 29.6 Å². The second kappa shape index (κ2) is 5.56. The maximum absolute atomic E-state index is 13.6. The second-order valence-corrected chi connectivity index (χ2v) is 6.14. The number of nitrogens with two attached hydrogens (primary N) is 1. The van der Waals surface area contributed by atoms with E-state index in [-0.39, 0.29) is 5.82 Å². The van der Waals surface area contributed by atoms with Crippen LogP contribution in [0.1, 0.15) is 49.9 Å². The number of hydrogen-bond donors (Lipinski definition) is 1. The van der Waals surface area contributed by atoms with E-state index >= 15 is 0 Å². The molecule has 0 spiro atoms. The first kappa shape index (κ1) is 14.2. The lowest BCUT2D eigenvalue weighted by Gasteiger charge is -2.33. The topological polar surface area (TPSA) is 64.9 Å².